The Kier molecular flexibility index (Phi) is 10.1. The van der Waals surface area contributed by atoms with Crippen LogP contribution in [0, 0.1) is 26.7 Å². The topological polar surface area (TPSA) is 85.7 Å². The lowest BCUT2D eigenvalue weighted by molar-refractivity contribution is -0.138. The number of aromatic nitrogens is 1. The van der Waals surface area contributed by atoms with Crippen LogP contribution in [0.5, 0.6) is 11.6 Å². The third-order valence-electron chi connectivity index (χ3n) is 5.74. The Bertz CT molecular complexity index is 1180. The quantitative estimate of drug-likeness (QED) is 0.344. The lowest BCUT2D eigenvalue weighted by atomic mass is 9.98. The fraction of sp³-hybridized carbons (Fsp3) is 0.379. The van der Waals surface area contributed by atoms with Crippen molar-refractivity contribution in [3.63, 3.8) is 0 Å². The van der Waals surface area contributed by atoms with E-state index in [4.69, 9.17) is 14.6 Å². The first-order valence-corrected chi connectivity index (χ1v) is 13.9. The summed E-state index contributed by atoms with van der Waals surface area (Å²) in [6.45, 7) is 7.18. The number of nitrogens with zero attached hydrogens (tertiary/aromatic N) is 1. The average molecular weight is 510 g/mol. The van der Waals surface area contributed by atoms with Crippen LogP contribution in [0.2, 0.25) is 0 Å². The Hall–Kier alpha value is -3.19. The van der Waals surface area contributed by atoms with E-state index in [0.717, 1.165) is 53.0 Å². The molecule has 0 saturated heterocycles. The van der Waals surface area contributed by atoms with Crippen LogP contribution in [-0.2, 0) is 22.2 Å². The number of pyridine rings is 1. The van der Waals surface area contributed by atoms with Crippen LogP contribution in [0.3, 0.4) is 0 Å². The second kappa shape index (κ2) is 13.2. The molecular weight excluding hydrogens is 474 g/mol. The summed E-state index contributed by atoms with van der Waals surface area (Å²) in [6.07, 6.45) is 4.26. The van der Waals surface area contributed by atoms with Crippen molar-refractivity contribution >= 4 is 16.8 Å². The molecule has 192 valence electrons. The maximum Gasteiger partial charge on any atom is 0.306 e. The van der Waals surface area contributed by atoms with E-state index in [-0.39, 0.29) is 5.92 Å². The zero-order valence-corrected chi connectivity index (χ0v) is 22.3. The number of carboxylic acids is 1. The zero-order valence-electron chi connectivity index (χ0n) is 21.5. The van der Waals surface area contributed by atoms with E-state index >= 15 is 0 Å². The van der Waals surface area contributed by atoms with Crippen LogP contribution in [-0.4, -0.2) is 38.9 Å². The minimum absolute atomic E-state index is 0.0185. The maximum atomic E-state index is 11.2. The predicted molar refractivity (Wildman–Crippen MR) is 144 cm³/mol. The number of ether oxygens (including phenoxy) is 2. The number of hydrogen-bond donors (Lipinski definition) is 1. The standard InChI is InChI=1S/C25H29NO3S.C4H6O2/c1-18-8-5-11-23(14-18)29-17-21-9-6-10-22(16-21)25-19(2)15-24(26-20(25)3)28-12-7-13-30(4)27;5-4(6)3-1-2-3/h5-6,8-11,14-16H,7,12-13,17H2,1-4H3;3H,1-2H2,(H,5,6). The highest BCUT2D eigenvalue weighted by atomic mass is 32.2. The van der Waals surface area contributed by atoms with Crippen LogP contribution in [0.15, 0.2) is 54.6 Å². The predicted octanol–water partition coefficient (Wildman–Crippen LogP) is 5.88. The highest BCUT2D eigenvalue weighted by Crippen LogP contribution is 2.30. The molecule has 0 aliphatic heterocycles. The summed E-state index contributed by atoms with van der Waals surface area (Å²) in [5.41, 5.74) is 6.59. The zero-order chi connectivity index (χ0) is 26.1. The maximum absolute atomic E-state index is 11.2. The monoisotopic (exact) mass is 509 g/mol. The van der Waals surface area contributed by atoms with E-state index in [0.29, 0.717) is 24.8 Å². The largest absolute Gasteiger partial charge is 0.489 e. The molecule has 4 rings (SSSR count). The van der Waals surface area contributed by atoms with E-state index < -0.39 is 16.8 Å². The molecule has 0 spiro atoms. The van der Waals surface area contributed by atoms with Gasteiger partial charge in [-0.15, -0.1) is 0 Å². The SMILES string of the molecule is Cc1cccc(OCc2cccc(-c3c(C)cc(OCCCS(C)=O)nc3C)c2)c1.O=C(O)C1CC1. The molecule has 36 heavy (non-hydrogen) atoms. The van der Waals surface area contributed by atoms with Crippen molar-refractivity contribution < 1.29 is 23.6 Å². The summed E-state index contributed by atoms with van der Waals surface area (Å²) >= 11 is 0. The van der Waals surface area contributed by atoms with E-state index in [1.807, 2.05) is 31.2 Å². The molecule has 1 atom stereocenters. The third-order valence-corrected chi connectivity index (χ3v) is 6.60. The highest BCUT2D eigenvalue weighted by molar-refractivity contribution is 7.84. The van der Waals surface area contributed by atoms with Gasteiger partial charge in [0.15, 0.2) is 0 Å². The Labute approximate surface area is 216 Å². The first kappa shape index (κ1) is 27.4. The summed E-state index contributed by atoms with van der Waals surface area (Å²) in [5, 5.41) is 8.05. The summed E-state index contributed by atoms with van der Waals surface area (Å²) in [4.78, 5) is 14.4. The van der Waals surface area contributed by atoms with Crippen LogP contribution in [0.4, 0.5) is 0 Å². The average Bonchev–Trinajstić information content (AvgIpc) is 3.67. The Morgan fingerprint density at radius 2 is 1.81 bits per heavy atom. The molecule has 1 aromatic heterocycles. The summed E-state index contributed by atoms with van der Waals surface area (Å²) < 4.78 is 22.9. The number of aliphatic carboxylic acids is 1. The second-order valence-electron chi connectivity index (χ2n) is 9.14. The van der Waals surface area contributed by atoms with Crippen LogP contribution in [0.1, 0.15) is 41.6 Å². The first-order valence-electron chi connectivity index (χ1n) is 12.2. The molecule has 0 amide bonds. The van der Waals surface area contributed by atoms with Crippen LogP contribution >= 0.6 is 0 Å². The molecule has 7 heteroatoms. The van der Waals surface area contributed by atoms with Crippen molar-refractivity contribution in [3.05, 3.63) is 77.0 Å². The molecule has 1 saturated carbocycles. The third kappa shape index (κ3) is 8.79. The van der Waals surface area contributed by atoms with Crippen LogP contribution < -0.4 is 9.47 Å². The number of carbonyl (C=O) groups is 1. The molecule has 1 heterocycles. The van der Waals surface area contributed by atoms with E-state index in [1.54, 1.807) is 6.26 Å². The normalized spacial score (nSPS) is 13.3. The van der Waals surface area contributed by atoms with Crippen LogP contribution in [0.25, 0.3) is 11.1 Å². The summed E-state index contributed by atoms with van der Waals surface area (Å²) in [7, 11) is -0.789. The molecule has 0 radical (unpaired) electrons. The van der Waals surface area contributed by atoms with Gasteiger partial charge in [-0.25, -0.2) is 4.98 Å². The Morgan fingerprint density at radius 3 is 2.42 bits per heavy atom. The molecule has 2 aromatic carbocycles. The summed E-state index contributed by atoms with van der Waals surface area (Å²) in [5.74, 6) is 1.53. The van der Waals surface area contributed by atoms with E-state index in [2.05, 4.69) is 49.2 Å². The molecule has 1 aliphatic rings. The summed E-state index contributed by atoms with van der Waals surface area (Å²) in [6, 6.07) is 18.4. The molecule has 1 fully saturated rings. The first-order chi connectivity index (χ1) is 17.2. The van der Waals surface area contributed by atoms with Gasteiger partial charge >= 0.3 is 5.97 Å². The highest BCUT2D eigenvalue weighted by Gasteiger charge is 2.28. The van der Waals surface area contributed by atoms with Crippen molar-refractivity contribution in [1.29, 1.82) is 0 Å². The molecule has 3 aromatic rings. The second-order valence-corrected chi connectivity index (χ2v) is 10.7. The number of benzene rings is 2. The molecule has 1 unspecified atom stereocenters. The van der Waals surface area contributed by atoms with Crippen molar-refractivity contribution in [1.82, 2.24) is 4.98 Å². The van der Waals surface area contributed by atoms with Gasteiger partial charge in [-0.3, -0.25) is 9.00 Å². The lowest BCUT2D eigenvalue weighted by Gasteiger charge is -2.14. The lowest BCUT2D eigenvalue weighted by Crippen LogP contribution is -2.05. The van der Waals surface area contributed by atoms with Gasteiger partial charge in [0.05, 0.1) is 12.5 Å². The number of aryl methyl sites for hydroxylation is 3. The molecular formula is C29H35NO5S. The molecule has 1 aliphatic carbocycles. The van der Waals surface area contributed by atoms with Crippen molar-refractivity contribution in [2.75, 3.05) is 18.6 Å². The molecule has 0 bridgehead atoms. The van der Waals surface area contributed by atoms with Crippen molar-refractivity contribution in [2.24, 2.45) is 5.92 Å². The smallest absolute Gasteiger partial charge is 0.306 e. The van der Waals surface area contributed by atoms with Crippen molar-refractivity contribution in [2.45, 2.75) is 46.6 Å². The minimum atomic E-state index is -0.789. The number of carboxylic acid groups (broad SMARTS) is 1. The molecule has 1 N–H and O–H groups in total. The van der Waals surface area contributed by atoms with Gasteiger partial charge in [-0.05, 0) is 80.5 Å². The van der Waals surface area contributed by atoms with Gasteiger partial charge in [0.1, 0.15) is 12.4 Å². The van der Waals surface area contributed by atoms with Gasteiger partial charge in [0.2, 0.25) is 5.88 Å². The fourth-order valence-electron chi connectivity index (χ4n) is 3.76. The van der Waals surface area contributed by atoms with Gasteiger partial charge in [0, 0.05) is 40.1 Å². The fourth-order valence-corrected chi connectivity index (χ4v) is 4.29. The van der Waals surface area contributed by atoms with Gasteiger partial charge in [-0.1, -0.05) is 30.3 Å². The number of rotatable bonds is 10. The van der Waals surface area contributed by atoms with Crippen molar-refractivity contribution in [3.8, 4) is 22.8 Å². The van der Waals surface area contributed by atoms with E-state index in [1.165, 1.54) is 5.56 Å². The Balaban J connectivity index is 0.000000526. The van der Waals surface area contributed by atoms with Gasteiger partial charge in [-0.2, -0.15) is 0 Å². The van der Waals surface area contributed by atoms with E-state index in [9.17, 15) is 9.00 Å². The minimum Gasteiger partial charge on any atom is -0.489 e. The van der Waals surface area contributed by atoms with Gasteiger partial charge < -0.3 is 14.6 Å². The molecule has 6 nitrogen and oxygen atoms in total. The Morgan fingerprint density at radius 1 is 1.06 bits per heavy atom. The van der Waals surface area contributed by atoms with Gasteiger partial charge in [0.25, 0.3) is 0 Å². The number of hydrogen-bond acceptors (Lipinski definition) is 5.